The number of hydrogen-bond acceptors (Lipinski definition) is 2. The molecular formula is C12H15ClF3NO. The zero-order valence-electron chi connectivity index (χ0n) is 10.1. The summed E-state index contributed by atoms with van der Waals surface area (Å²) in [5.74, 6) is 0.105. The van der Waals surface area contributed by atoms with E-state index < -0.39 is 18.3 Å². The molecule has 0 saturated carbocycles. The summed E-state index contributed by atoms with van der Waals surface area (Å²) in [6.45, 7) is 3.23. The third-order valence-electron chi connectivity index (χ3n) is 2.59. The van der Waals surface area contributed by atoms with Gasteiger partial charge in [0.05, 0.1) is 6.04 Å². The van der Waals surface area contributed by atoms with Gasteiger partial charge in [-0.1, -0.05) is 24.6 Å². The summed E-state index contributed by atoms with van der Waals surface area (Å²) in [5, 5.41) is 0.321. The van der Waals surface area contributed by atoms with E-state index in [2.05, 4.69) is 0 Å². The molecule has 2 atom stereocenters. The van der Waals surface area contributed by atoms with E-state index in [-0.39, 0.29) is 12.2 Å². The van der Waals surface area contributed by atoms with Gasteiger partial charge >= 0.3 is 6.18 Å². The first-order chi connectivity index (χ1) is 8.25. The van der Waals surface area contributed by atoms with Crippen LogP contribution >= 0.6 is 11.6 Å². The molecule has 2 nitrogen and oxygen atoms in total. The average molecular weight is 282 g/mol. The first kappa shape index (κ1) is 15.1. The Bertz CT molecular complexity index is 409. The third kappa shape index (κ3) is 3.78. The smallest absolute Gasteiger partial charge is 0.426 e. The van der Waals surface area contributed by atoms with Gasteiger partial charge in [0.1, 0.15) is 5.75 Å². The summed E-state index contributed by atoms with van der Waals surface area (Å²) < 4.78 is 43.5. The monoisotopic (exact) mass is 281 g/mol. The molecule has 0 aliphatic carbocycles. The highest BCUT2D eigenvalue weighted by atomic mass is 35.5. The van der Waals surface area contributed by atoms with E-state index in [4.69, 9.17) is 22.1 Å². The van der Waals surface area contributed by atoms with E-state index in [0.29, 0.717) is 10.6 Å². The standard InChI is InChI=1S/C12H15ClF3NO/c1-3-9(17)11(12(14,15)16)18-10-6-8(13)5-4-7(10)2/h4-6,9,11H,3,17H2,1-2H3. The van der Waals surface area contributed by atoms with Crippen LogP contribution in [0.5, 0.6) is 5.75 Å². The molecule has 0 spiro atoms. The van der Waals surface area contributed by atoms with Gasteiger partial charge in [-0.25, -0.2) is 0 Å². The predicted molar refractivity (Wildman–Crippen MR) is 64.9 cm³/mol. The van der Waals surface area contributed by atoms with Gasteiger partial charge < -0.3 is 10.5 Å². The Labute approximate surface area is 109 Å². The quantitative estimate of drug-likeness (QED) is 0.913. The van der Waals surface area contributed by atoms with Gasteiger partial charge in [0.25, 0.3) is 0 Å². The molecule has 2 N–H and O–H groups in total. The van der Waals surface area contributed by atoms with E-state index >= 15 is 0 Å². The summed E-state index contributed by atoms with van der Waals surface area (Å²) in [7, 11) is 0. The van der Waals surface area contributed by atoms with Crippen molar-refractivity contribution in [3.05, 3.63) is 28.8 Å². The van der Waals surface area contributed by atoms with Crippen molar-refractivity contribution in [2.24, 2.45) is 5.73 Å². The largest absolute Gasteiger partial charge is 0.479 e. The molecule has 102 valence electrons. The summed E-state index contributed by atoms with van der Waals surface area (Å²) >= 11 is 5.74. The van der Waals surface area contributed by atoms with Gasteiger partial charge in [-0.05, 0) is 31.0 Å². The van der Waals surface area contributed by atoms with E-state index in [1.807, 2.05) is 0 Å². The minimum atomic E-state index is -4.51. The molecule has 0 bridgehead atoms. The van der Waals surface area contributed by atoms with Crippen LogP contribution in [0.2, 0.25) is 5.02 Å². The minimum Gasteiger partial charge on any atom is -0.479 e. The van der Waals surface area contributed by atoms with Crippen molar-refractivity contribution in [3.63, 3.8) is 0 Å². The number of alkyl halides is 3. The van der Waals surface area contributed by atoms with Crippen LogP contribution in [0.15, 0.2) is 18.2 Å². The van der Waals surface area contributed by atoms with Crippen LogP contribution in [0.4, 0.5) is 13.2 Å². The lowest BCUT2D eigenvalue weighted by molar-refractivity contribution is -0.200. The van der Waals surface area contributed by atoms with E-state index in [1.165, 1.54) is 6.07 Å². The Morgan fingerprint density at radius 3 is 2.50 bits per heavy atom. The molecule has 1 rings (SSSR count). The zero-order chi connectivity index (χ0) is 13.9. The van der Waals surface area contributed by atoms with Crippen LogP contribution in [0.3, 0.4) is 0 Å². The first-order valence-corrected chi connectivity index (χ1v) is 5.88. The predicted octanol–water partition coefficient (Wildman–Crippen LogP) is 3.70. The van der Waals surface area contributed by atoms with Gasteiger partial charge in [0, 0.05) is 5.02 Å². The van der Waals surface area contributed by atoms with Crippen molar-refractivity contribution in [2.75, 3.05) is 0 Å². The van der Waals surface area contributed by atoms with E-state index in [0.717, 1.165) is 0 Å². The zero-order valence-corrected chi connectivity index (χ0v) is 10.8. The number of ether oxygens (including phenoxy) is 1. The number of benzene rings is 1. The Morgan fingerprint density at radius 1 is 1.39 bits per heavy atom. The van der Waals surface area contributed by atoms with E-state index in [1.54, 1.807) is 26.0 Å². The minimum absolute atomic E-state index is 0.105. The number of nitrogens with two attached hydrogens (primary N) is 1. The fourth-order valence-electron chi connectivity index (χ4n) is 1.45. The van der Waals surface area contributed by atoms with E-state index in [9.17, 15) is 13.2 Å². The highest BCUT2D eigenvalue weighted by Gasteiger charge is 2.45. The van der Waals surface area contributed by atoms with Crippen LogP contribution in [0.1, 0.15) is 18.9 Å². The second kappa shape index (κ2) is 5.80. The molecule has 0 saturated heterocycles. The van der Waals surface area contributed by atoms with Crippen LogP contribution in [-0.4, -0.2) is 18.3 Å². The maximum Gasteiger partial charge on any atom is 0.426 e. The van der Waals surface area contributed by atoms with Crippen LogP contribution in [0.25, 0.3) is 0 Å². The number of aryl methyl sites for hydroxylation is 1. The normalized spacial score (nSPS) is 15.3. The molecule has 1 aromatic rings. The lowest BCUT2D eigenvalue weighted by Crippen LogP contribution is -2.48. The Hall–Kier alpha value is -0.940. The molecule has 0 aromatic heterocycles. The molecule has 6 heteroatoms. The van der Waals surface area contributed by atoms with Gasteiger partial charge in [0.15, 0.2) is 0 Å². The molecule has 0 aliphatic rings. The lowest BCUT2D eigenvalue weighted by atomic mass is 10.1. The Balaban J connectivity index is 3.00. The molecule has 0 amide bonds. The number of halogens is 4. The SMILES string of the molecule is CCC(N)C(Oc1cc(Cl)ccc1C)C(F)(F)F. The van der Waals surface area contributed by atoms with Crippen LogP contribution in [-0.2, 0) is 0 Å². The van der Waals surface area contributed by atoms with Gasteiger partial charge in [-0.3, -0.25) is 0 Å². The third-order valence-corrected chi connectivity index (χ3v) is 2.82. The van der Waals surface area contributed by atoms with Gasteiger partial charge in [-0.15, -0.1) is 0 Å². The molecule has 18 heavy (non-hydrogen) atoms. The van der Waals surface area contributed by atoms with Crippen molar-refractivity contribution >= 4 is 11.6 Å². The van der Waals surface area contributed by atoms with Crippen molar-refractivity contribution in [1.82, 2.24) is 0 Å². The lowest BCUT2D eigenvalue weighted by Gasteiger charge is -2.27. The summed E-state index contributed by atoms with van der Waals surface area (Å²) in [6.07, 6.45) is -6.37. The highest BCUT2D eigenvalue weighted by Crippen LogP contribution is 2.30. The van der Waals surface area contributed by atoms with Crippen LogP contribution in [0, 0.1) is 6.92 Å². The molecule has 0 heterocycles. The second-order valence-corrected chi connectivity index (χ2v) is 4.50. The second-order valence-electron chi connectivity index (χ2n) is 4.06. The molecule has 0 radical (unpaired) electrons. The first-order valence-electron chi connectivity index (χ1n) is 5.50. The van der Waals surface area contributed by atoms with Crippen LogP contribution < -0.4 is 10.5 Å². The molecule has 0 fully saturated rings. The maximum absolute atomic E-state index is 12.8. The topological polar surface area (TPSA) is 35.2 Å². The summed E-state index contributed by atoms with van der Waals surface area (Å²) in [6, 6.07) is 3.44. The van der Waals surface area contributed by atoms with Gasteiger partial charge in [-0.2, -0.15) is 13.2 Å². The van der Waals surface area contributed by atoms with Crippen molar-refractivity contribution in [1.29, 1.82) is 0 Å². The molecular weight excluding hydrogens is 267 g/mol. The number of hydrogen-bond donors (Lipinski definition) is 1. The fraction of sp³-hybridized carbons (Fsp3) is 0.500. The van der Waals surface area contributed by atoms with Crippen molar-refractivity contribution in [2.45, 2.75) is 38.6 Å². The molecule has 0 aliphatic heterocycles. The summed E-state index contributed by atoms with van der Waals surface area (Å²) in [4.78, 5) is 0. The average Bonchev–Trinajstić information content (AvgIpc) is 2.27. The summed E-state index contributed by atoms with van der Waals surface area (Å²) in [5.41, 5.74) is 6.04. The highest BCUT2D eigenvalue weighted by molar-refractivity contribution is 6.30. The van der Waals surface area contributed by atoms with Gasteiger partial charge in [0.2, 0.25) is 6.10 Å². The Kier molecular flexibility index (Phi) is 4.87. The van der Waals surface area contributed by atoms with Crippen molar-refractivity contribution < 1.29 is 17.9 Å². The Morgan fingerprint density at radius 2 is 2.00 bits per heavy atom. The fourth-order valence-corrected chi connectivity index (χ4v) is 1.61. The van der Waals surface area contributed by atoms with Crippen molar-refractivity contribution in [3.8, 4) is 5.75 Å². The molecule has 1 aromatic carbocycles. The maximum atomic E-state index is 12.8. The number of rotatable bonds is 4. The molecule has 2 unspecified atom stereocenters.